The topological polar surface area (TPSA) is 90.0 Å². The predicted octanol–water partition coefficient (Wildman–Crippen LogP) is 1.87. The first-order chi connectivity index (χ1) is 13.8. The Labute approximate surface area is 172 Å². The molecule has 0 radical (unpaired) electrons. The number of amides is 3. The number of rotatable bonds is 5. The minimum atomic E-state index is -0.591. The first kappa shape index (κ1) is 21.3. The quantitative estimate of drug-likeness (QED) is 0.582. The Balaban J connectivity index is 1.72. The lowest BCUT2D eigenvalue weighted by Crippen LogP contribution is -2.47. The van der Waals surface area contributed by atoms with Crippen molar-refractivity contribution in [3.63, 3.8) is 0 Å². The summed E-state index contributed by atoms with van der Waals surface area (Å²) in [4.78, 5) is 40.8. The summed E-state index contributed by atoms with van der Waals surface area (Å²) in [6.45, 7) is 7.61. The Kier molecular flexibility index (Phi) is 6.27. The van der Waals surface area contributed by atoms with Crippen molar-refractivity contribution >= 4 is 17.7 Å². The molecule has 1 unspecified atom stereocenters. The SMILES string of the molecule is CC(=O)N1CCC([C@@H](CN2CCC(C)(c3ccc(C)cc3)C2=O)C(=O)NO)CC1. The third kappa shape index (κ3) is 4.29. The molecule has 0 spiro atoms. The van der Waals surface area contributed by atoms with E-state index in [0.29, 0.717) is 38.9 Å². The average Bonchev–Trinajstić information content (AvgIpc) is 3.01. The van der Waals surface area contributed by atoms with Gasteiger partial charge in [-0.25, -0.2) is 5.48 Å². The summed E-state index contributed by atoms with van der Waals surface area (Å²) in [5.41, 5.74) is 3.34. The van der Waals surface area contributed by atoms with E-state index in [2.05, 4.69) is 0 Å². The minimum absolute atomic E-state index is 0.0248. The van der Waals surface area contributed by atoms with Crippen molar-refractivity contribution < 1.29 is 19.6 Å². The number of nitrogens with zero attached hydrogens (tertiary/aromatic N) is 2. The second-order valence-electron chi connectivity index (χ2n) is 8.63. The van der Waals surface area contributed by atoms with Crippen LogP contribution in [-0.2, 0) is 19.8 Å². The van der Waals surface area contributed by atoms with Gasteiger partial charge in [-0.05, 0) is 44.6 Å². The van der Waals surface area contributed by atoms with Gasteiger partial charge in [-0.2, -0.15) is 0 Å². The zero-order valence-electron chi connectivity index (χ0n) is 17.5. The summed E-state index contributed by atoms with van der Waals surface area (Å²) in [6, 6.07) is 8.04. The third-order valence-corrected chi connectivity index (χ3v) is 6.75. The van der Waals surface area contributed by atoms with Crippen molar-refractivity contribution in [3.8, 4) is 0 Å². The van der Waals surface area contributed by atoms with E-state index in [4.69, 9.17) is 0 Å². The van der Waals surface area contributed by atoms with E-state index in [1.807, 2.05) is 38.1 Å². The standard InChI is InChI=1S/C22H31N3O4/c1-15-4-6-18(7-5-15)22(3)10-13-25(21(22)28)14-19(20(27)23-29)17-8-11-24(12-9-17)16(2)26/h4-7,17,19,29H,8-14H2,1-3H3,(H,23,27)/t19-,22?/m1/s1. The van der Waals surface area contributed by atoms with Gasteiger partial charge < -0.3 is 9.80 Å². The van der Waals surface area contributed by atoms with Gasteiger partial charge in [0.25, 0.3) is 0 Å². The fourth-order valence-corrected chi connectivity index (χ4v) is 4.66. The summed E-state index contributed by atoms with van der Waals surface area (Å²) < 4.78 is 0. The summed E-state index contributed by atoms with van der Waals surface area (Å²) >= 11 is 0. The van der Waals surface area contributed by atoms with E-state index in [9.17, 15) is 19.6 Å². The molecule has 2 heterocycles. The maximum atomic E-state index is 13.3. The molecule has 2 N–H and O–H groups in total. The van der Waals surface area contributed by atoms with Crippen molar-refractivity contribution in [2.45, 2.75) is 45.4 Å². The Morgan fingerprint density at radius 3 is 2.38 bits per heavy atom. The van der Waals surface area contributed by atoms with Gasteiger partial charge in [0.05, 0.1) is 11.3 Å². The monoisotopic (exact) mass is 401 g/mol. The normalized spacial score (nSPS) is 23.9. The van der Waals surface area contributed by atoms with Gasteiger partial charge in [0.2, 0.25) is 17.7 Å². The second-order valence-corrected chi connectivity index (χ2v) is 8.63. The van der Waals surface area contributed by atoms with Gasteiger partial charge in [0.15, 0.2) is 0 Å². The van der Waals surface area contributed by atoms with E-state index < -0.39 is 17.2 Å². The first-order valence-electron chi connectivity index (χ1n) is 10.3. The molecule has 2 saturated heterocycles. The number of carbonyl (C=O) groups excluding carboxylic acids is 3. The number of aryl methyl sites for hydroxylation is 1. The Hall–Kier alpha value is -2.41. The summed E-state index contributed by atoms with van der Waals surface area (Å²) in [5.74, 6) is -0.855. The van der Waals surface area contributed by atoms with Crippen LogP contribution >= 0.6 is 0 Å². The van der Waals surface area contributed by atoms with Gasteiger partial charge in [-0.1, -0.05) is 29.8 Å². The van der Waals surface area contributed by atoms with Crippen LogP contribution in [0.15, 0.2) is 24.3 Å². The van der Waals surface area contributed by atoms with Crippen LogP contribution in [0.4, 0.5) is 0 Å². The van der Waals surface area contributed by atoms with Crippen molar-refractivity contribution in [1.29, 1.82) is 0 Å². The Bertz CT molecular complexity index is 771. The van der Waals surface area contributed by atoms with Crippen molar-refractivity contribution in [2.75, 3.05) is 26.2 Å². The molecule has 1 aromatic rings. The van der Waals surface area contributed by atoms with E-state index in [0.717, 1.165) is 11.1 Å². The molecule has 7 nitrogen and oxygen atoms in total. The van der Waals surface area contributed by atoms with Gasteiger partial charge in [-0.15, -0.1) is 0 Å². The van der Waals surface area contributed by atoms with Crippen molar-refractivity contribution in [2.24, 2.45) is 11.8 Å². The van der Waals surface area contributed by atoms with E-state index in [1.54, 1.807) is 22.2 Å². The number of likely N-dealkylation sites (tertiary alicyclic amines) is 2. The summed E-state index contributed by atoms with van der Waals surface area (Å²) in [6.07, 6.45) is 2.08. The van der Waals surface area contributed by atoms with Crippen molar-refractivity contribution in [1.82, 2.24) is 15.3 Å². The predicted molar refractivity (Wildman–Crippen MR) is 108 cm³/mol. The summed E-state index contributed by atoms with van der Waals surface area (Å²) in [7, 11) is 0. The number of nitrogens with one attached hydrogen (secondary N) is 1. The number of hydrogen-bond donors (Lipinski definition) is 2. The maximum absolute atomic E-state index is 13.3. The molecule has 3 amide bonds. The molecule has 0 saturated carbocycles. The molecule has 2 fully saturated rings. The lowest BCUT2D eigenvalue weighted by Gasteiger charge is -2.36. The number of hydrogen-bond acceptors (Lipinski definition) is 4. The highest BCUT2D eigenvalue weighted by Crippen LogP contribution is 2.37. The highest BCUT2D eigenvalue weighted by Gasteiger charge is 2.45. The molecule has 2 aliphatic heterocycles. The molecule has 7 heteroatoms. The zero-order valence-corrected chi connectivity index (χ0v) is 17.5. The van der Waals surface area contributed by atoms with Gasteiger partial charge in [-0.3, -0.25) is 19.6 Å². The molecule has 3 rings (SSSR count). The minimum Gasteiger partial charge on any atom is -0.343 e. The van der Waals surface area contributed by atoms with Crippen LogP contribution in [0.25, 0.3) is 0 Å². The Morgan fingerprint density at radius 1 is 1.21 bits per heavy atom. The van der Waals surface area contributed by atoms with E-state index in [-0.39, 0.29) is 24.3 Å². The number of hydroxylamine groups is 1. The molecule has 158 valence electrons. The van der Waals surface area contributed by atoms with Crippen LogP contribution in [0.3, 0.4) is 0 Å². The number of carbonyl (C=O) groups is 3. The highest BCUT2D eigenvalue weighted by atomic mass is 16.5. The third-order valence-electron chi connectivity index (χ3n) is 6.75. The van der Waals surface area contributed by atoms with Crippen LogP contribution in [0.5, 0.6) is 0 Å². The number of piperidine rings is 1. The maximum Gasteiger partial charge on any atom is 0.248 e. The fraction of sp³-hybridized carbons (Fsp3) is 0.591. The molecule has 0 aromatic heterocycles. The van der Waals surface area contributed by atoms with Gasteiger partial charge >= 0.3 is 0 Å². The highest BCUT2D eigenvalue weighted by molar-refractivity contribution is 5.90. The molecular weight excluding hydrogens is 370 g/mol. The Morgan fingerprint density at radius 2 is 1.83 bits per heavy atom. The molecule has 2 aliphatic rings. The molecule has 29 heavy (non-hydrogen) atoms. The van der Waals surface area contributed by atoms with Crippen LogP contribution in [0, 0.1) is 18.8 Å². The smallest absolute Gasteiger partial charge is 0.248 e. The largest absolute Gasteiger partial charge is 0.343 e. The van der Waals surface area contributed by atoms with E-state index >= 15 is 0 Å². The fourth-order valence-electron chi connectivity index (χ4n) is 4.66. The average molecular weight is 402 g/mol. The van der Waals surface area contributed by atoms with Gasteiger partial charge in [0, 0.05) is 33.1 Å². The first-order valence-corrected chi connectivity index (χ1v) is 10.3. The lowest BCUT2D eigenvalue weighted by molar-refractivity contribution is -0.139. The molecular formula is C22H31N3O4. The van der Waals surface area contributed by atoms with E-state index in [1.165, 1.54) is 0 Å². The molecule has 2 atom stereocenters. The molecule has 0 bridgehead atoms. The lowest BCUT2D eigenvalue weighted by atomic mass is 9.80. The summed E-state index contributed by atoms with van der Waals surface area (Å²) in [5, 5.41) is 9.26. The van der Waals surface area contributed by atoms with Crippen LogP contribution in [0.1, 0.15) is 44.2 Å². The van der Waals surface area contributed by atoms with Crippen LogP contribution in [-0.4, -0.2) is 58.9 Å². The zero-order chi connectivity index (χ0) is 21.2. The molecule has 1 aromatic carbocycles. The second kappa shape index (κ2) is 8.53. The van der Waals surface area contributed by atoms with Crippen LogP contribution in [0.2, 0.25) is 0 Å². The number of benzene rings is 1. The van der Waals surface area contributed by atoms with Crippen LogP contribution < -0.4 is 5.48 Å². The molecule has 0 aliphatic carbocycles. The van der Waals surface area contributed by atoms with Gasteiger partial charge in [0.1, 0.15) is 0 Å². The van der Waals surface area contributed by atoms with Crippen molar-refractivity contribution in [3.05, 3.63) is 35.4 Å².